The van der Waals surface area contributed by atoms with Crippen molar-refractivity contribution in [1.82, 2.24) is 24.6 Å². The van der Waals surface area contributed by atoms with E-state index in [4.69, 9.17) is 0 Å². The number of carbonyl (C=O) groups excluding carboxylic acids is 1. The normalized spacial score (nSPS) is 10.6. The Morgan fingerprint density at radius 3 is 2.64 bits per heavy atom. The molecule has 0 spiro atoms. The molecule has 7 nitrogen and oxygen atoms in total. The largest absolute Gasteiger partial charge is 0.350 e. The van der Waals surface area contributed by atoms with Gasteiger partial charge in [0.15, 0.2) is 5.82 Å². The predicted octanol–water partition coefficient (Wildman–Crippen LogP) is 1.38. The van der Waals surface area contributed by atoms with Gasteiger partial charge in [-0.15, -0.1) is 5.10 Å². The van der Waals surface area contributed by atoms with Crippen LogP contribution in [0.1, 0.15) is 15.9 Å². The van der Waals surface area contributed by atoms with E-state index >= 15 is 0 Å². The minimum Gasteiger partial charge on any atom is -0.350 e. The van der Waals surface area contributed by atoms with Crippen molar-refractivity contribution >= 4 is 5.91 Å². The Hall–Kier alpha value is -3.22. The van der Waals surface area contributed by atoms with Gasteiger partial charge in [-0.25, -0.2) is 9.48 Å². The number of aromatic nitrogens is 4. The van der Waals surface area contributed by atoms with Crippen LogP contribution in [0.4, 0.5) is 0 Å². The minimum atomic E-state index is -0.233. The van der Waals surface area contributed by atoms with Crippen molar-refractivity contribution in [3.05, 3.63) is 70.4 Å². The summed E-state index contributed by atoms with van der Waals surface area (Å²) in [7, 11) is 1.67. The number of hydrogen-bond acceptors (Lipinski definition) is 4. The number of hydrogen-bond donors (Lipinski definition) is 1. The van der Waals surface area contributed by atoms with Crippen LogP contribution < -0.4 is 11.0 Å². The summed E-state index contributed by atoms with van der Waals surface area (Å²) in [6.07, 6.45) is 3.32. The average molecular weight is 337 g/mol. The Morgan fingerprint density at radius 2 is 1.96 bits per heavy atom. The van der Waals surface area contributed by atoms with Crippen molar-refractivity contribution in [1.29, 1.82) is 0 Å². The summed E-state index contributed by atoms with van der Waals surface area (Å²) in [4.78, 5) is 28.4. The molecule has 3 aromatic rings. The van der Waals surface area contributed by atoms with Crippen molar-refractivity contribution in [3.8, 4) is 11.4 Å². The Kier molecular flexibility index (Phi) is 4.74. The van der Waals surface area contributed by atoms with Crippen LogP contribution in [0.5, 0.6) is 0 Å². The fourth-order valence-corrected chi connectivity index (χ4v) is 2.46. The second-order valence-electron chi connectivity index (χ2n) is 5.75. The molecule has 0 radical (unpaired) electrons. The van der Waals surface area contributed by atoms with Crippen molar-refractivity contribution in [3.63, 3.8) is 0 Å². The molecule has 128 valence electrons. The lowest BCUT2D eigenvalue weighted by Crippen LogP contribution is -2.31. The molecule has 2 aromatic heterocycles. The van der Waals surface area contributed by atoms with Crippen molar-refractivity contribution in [2.24, 2.45) is 7.05 Å². The van der Waals surface area contributed by atoms with Gasteiger partial charge in [-0.1, -0.05) is 17.7 Å². The van der Waals surface area contributed by atoms with Gasteiger partial charge >= 0.3 is 5.69 Å². The van der Waals surface area contributed by atoms with E-state index in [1.54, 1.807) is 37.6 Å². The quantitative estimate of drug-likeness (QED) is 0.763. The minimum absolute atomic E-state index is 0.170. The lowest BCUT2D eigenvalue weighted by atomic mass is 10.1. The van der Waals surface area contributed by atoms with E-state index < -0.39 is 0 Å². The third-order valence-corrected chi connectivity index (χ3v) is 3.88. The first-order chi connectivity index (χ1) is 12.1. The van der Waals surface area contributed by atoms with Gasteiger partial charge in [-0.05, 0) is 31.2 Å². The molecule has 0 saturated carbocycles. The van der Waals surface area contributed by atoms with Gasteiger partial charge in [0, 0.05) is 37.1 Å². The van der Waals surface area contributed by atoms with E-state index in [9.17, 15) is 9.59 Å². The number of benzene rings is 1. The fraction of sp³-hybridized carbons (Fsp3) is 0.222. The molecule has 1 amide bonds. The van der Waals surface area contributed by atoms with Crippen molar-refractivity contribution in [2.45, 2.75) is 13.5 Å². The topological polar surface area (TPSA) is 81.8 Å². The van der Waals surface area contributed by atoms with E-state index in [-0.39, 0.29) is 11.6 Å². The molecule has 0 aliphatic carbocycles. The molecule has 0 saturated heterocycles. The number of rotatable bonds is 5. The number of nitrogens with zero attached hydrogens (tertiary/aromatic N) is 4. The maximum Gasteiger partial charge on any atom is 0.345 e. The zero-order valence-corrected chi connectivity index (χ0v) is 14.1. The highest BCUT2D eigenvalue weighted by atomic mass is 16.2. The summed E-state index contributed by atoms with van der Waals surface area (Å²) in [6, 6.07) is 11.0. The van der Waals surface area contributed by atoms with Gasteiger partial charge < -0.3 is 5.32 Å². The average Bonchev–Trinajstić information content (AvgIpc) is 2.91. The first-order valence-corrected chi connectivity index (χ1v) is 7.95. The molecule has 0 atom stereocenters. The number of nitrogens with one attached hydrogen (secondary N) is 1. The standard InChI is InChI=1S/C18H19N5O2/c1-13-5-7-14(8-6-13)17(24)20-10-11-23-18(25)22(2)16(21-23)15-4-3-9-19-12-15/h3-9,12H,10-11H2,1-2H3,(H,20,24). The van der Waals surface area contributed by atoms with Gasteiger partial charge in [0.05, 0.1) is 6.54 Å². The molecule has 25 heavy (non-hydrogen) atoms. The van der Waals surface area contributed by atoms with Crippen LogP contribution in [0.15, 0.2) is 53.6 Å². The van der Waals surface area contributed by atoms with E-state index in [1.807, 2.05) is 25.1 Å². The third kappa shape index (κ3) is 3.65. The second-order valence-corrected chi connectivity index (χ2v) is 5.75. The van der Waals surface area contributed by atoms with E-state index in [1.165, 1.54) is 9.25 Å². The van der Waals surface area contributed by atoms with E-state index in [2.05, 4.69) is 15.4 Å². The van der Waals surface area contributed by atoms with Gasteiger partial charge in [0.2, 0.25) is 0 Å². The molecular formula is C18H19N5O2. The summed E-state index contributed by atoms with van der Waals surface area (Å²) < 4.78 is 2.82. The lowest BCUT2D eigenvalue weighted by molar-refractivity contribution is 0.0952. The van der Waals surface area contributed by atoms with Crippen molar-refractivity contribution in [2.75, 3.05) is 6.54 Å². The number of amides is 1. The molecule has 0 unspecified atom stereocenters. The number of carbonyl (C=O) groups is 1. The van der Waals surface area contributed by atoms with Crippen molar-refractivity contribution < 1.29 is 4.79 Å². The molecule has 0 aliphatic heterocycles. The first-order valence-electron chi connectivity index (χ1n) is 7.95. The highest BCUT2D eigenvalue weighted by Crippen LogP contribution is 2.12. The summed E-state index contributed by atoms with van der Waals surface area (Å²) in [6.45, 7) is 2.58. The highest BCUT2D eigenvalue weighted by Gasteiger charge is 2.12. The van der Waals surface area contributed by atoms with Crippen LogP contribution in [0, 0.1) is 6.92 Å². The van der Waals surface area contributed by atoms with Gasteiger partial charge in [0.1, 0.15) is 0 Å². The summed E-state index contributed by atoms with van der Waals surface area (Å²) in [5, 5.41) is 7.14. The van der Waals surface area contributed by atoms with Gasteiger partial charge in [-0.2, -0.15) is 0 Å². The van der Waals surface area contributed by atoms with Crippen LogP contribution in [0.3, 0.4) is 0 Å². The third-order valence-electron chi connectivity index (χ3n) is 3.88. The fourth-order valence-electron chi connectivity index (χ4n) is 2.46. The number of aryl methyl sites for hydroxylation is 1. The Balaban J connectivity index is 1.67. The Morgan fingerprint density at radius 1 is 1.20 bits per heavy atom. The molecule has 0 fully saturated rings. The second kappa shape index (κ2) is 7.12. The Labute approximate surface area is 144 Å². The molecule has 2 heterocycles. The SMILES string of the molecule is Cc1ccc(C(=O)NCCn2nc(-c3cccnc3)n(C)c2=O)cc1. The predicted molar refractivity (Wildman–Crippen MR) is 94.2 cm³/mol. The Bertz CT molecular complexity index is 926. The van der Waals surface area contributed by atoms with Crippen LogP contribution >= 0.6 is 0 Å². The lowest BCUT2D eigenvalue weighted by Gasteiger charge is -2.05. The zero-order valence-electron chi connectivity index (χ0n) is 14.1. The molecule has 0 bridgehead atoms. The van der Waals surface area contributed by atoms with Gasteiger partial charge in [-0.3, -0.25) is 14.3 Å². The van der Waals surface area contributed by atoms with E-state index in [0.29, 0.717) is 24.5 Å². The first kappa shape index (κ1) is 16.6. The molecular weight excluding hydrogens is 318 g/mol. The van der Waals surface area contributed by atoms with Crippen LogP contribution in [0.25, 0.3) is 11.4 Å². The summed E-state index contributed by atoms with van der Waals surface area (Å²) in [5.41, 5.74) is 2.22. The molecule has 1 aromatic carbocycles. The molecule has 7 heteroatoms. The van der Waals surface area contributed by atoms with Crippen LogP contribution in [-0.4, -0.2) is 31.8 Å². The highest BCUT2D eigenvalue weighted by molar-refractivity contribution is 5.94. The molecule has 1 N–H and O–H groups in total. The monoisotopic (exact) mass is 337 g/mol. The maximum absolute atomic E-state index is 12.3. The van der Waals surface area contributed by atoms with Crippen LogP contribution in [-0.2, 0) is 13.6 Å². The maximum atomic E-state index is 12.3. The number of pyridine rings is 1. The van der Waals surface area contributed by atoms with Gasteiger partial charge in [0.25, 0.3) is 5.91 Å². The zero-order chi connectivity index (χ0) is 17.8. The summed E-state index contributed by atoms with van der Waals surface area (Å²) >= 11 is 0. The van der Waals surface area contributed by atoms with Crippen LogP contribution in [0.2, 0.25) is 0 Å². The smallest absolute Gasteiger partial charge is 0.345 e. The van der Waals surface area contributed by atoms with E-state index in [0.717, 1.165) is 11.1 Å². The molecule has 0 aliphatic rings. The summed E-state index contributed by atoms with van der Waals surface area (Å²) in [5.74, 6) is 0.374. The molecule has 3 rings (SSSR count).